The summed E-state index contributed by atoms with van der Waals surface area (Å²) in [5.74, 6) is 0.507. The SMILES string of the molecule is CC1CCN(C(=O)c2cc(Cl)cn2C(C)C)CC1N. The first-order valence-corrected chi connectivity index (χ1v) is 7.20. The Balaban J connectivity index is 2.20. The Labute approximate surface area is 119 Å². The summed E-state index contributed by atoms with van der Waals surface area (Å²) in [4.78, 5) is 14.4. The Hall–Kier alpha value is -1.00. The normalized spacial score (nSPS) is 24.0. The molecule has 1 aromatic heterocycles. The van der Waals surface area contributed by atoms with Crippen LogP contribution in [0.15, 0.2) is 12.3 Å². The van der Waals surface area contributed by atoms with Crippen molar-refractivity contribution < 1.29 is 4.79 Å². The summed E-state index contributed by atoms with van der Waals surface area (Å²) in [6, 6.07) is 2.02. The van der Waals surface area contributed by atoms with E-state index in [4.69, 9.17) is 17.3 Å². The molecular weight excluding hydrogens is 262 g/mol. The molecule has 0 spiro atoms. The summed E-state index contributed by atoms with van der Waals surface area (Å²) in [6.07, 6.45) is 2.77. The molecule has 2 rings (SSSR count). The number of carbonyl (C=O) groups excluding carboxylic acids is 1. The van der Waals surface area contributed by atoms with Crippen molar-refractivity contribution in [2.24, 2.45) is 11.7 Å². The smallest absolute Gasteiger partial charge is 0.270 e. The number of amides is 1. The quantitative estimate of drug-likeness (QED) is 0.907. The van der Waals surface area contributed by atoms with Gasteiger partial charge in [0, 0.05) is 31.4 Å². The first-order valence-electron chi connectivity index (χ1n) is 6.82. The van der Waals surface area contributed by atoms with Crippen molar-refractivity contribution in [2.75, 3.05) is 13.1 Å². The Bertz CT molecular complexity index is 469. The van der Waals surface area contributed by atoms with Crippen molar-refractivity contribution in [2.45, 2.75) is 39.3 Å². The standard InChI is InChI=1S/C14H22ClN3O/c1-9(2)18-7-11(15)6-13(18)14(19)17-5-4-10(3)12(16)8-17/h6-7,9-10,12H,4-5,8,16H2,1-3H3. The van der Waals surface area contributed by atoms with E-state index < -0.39 is 0 Å². The third kappa shape index (κ3) is 2.95. The second-order valence-electron chi connectivity index (χ2n) is 5.73. The number of hydrogen-bond donors (Lipinski definition) is 1. The van der Waals surface area contributed by atoms with Crippen LogP contribution in [0.1, 0.15) is 43.7 Å². The Kier molecular flexibility index (Phi) is 4.21. The third-order valence-corrected chi connectivity index (χ3v) is 4.10. The molecule has 1 amide bonds. The lowest BCUT2D eigenvalue weighted by Crippen LogP contribution is -2.50. The lowest BCUT2D eigenvalue weighted by molar-refractivity contribution is 0.0660. The van der Waals surface area contributed by atoms with E-state index in [1.54, 1.807) is 6.07 Å². The fourth-order valence-corrected chi connectivity index (χ4v) is 2.70. The van der Waals surface area contributed by atoms with Gasteiger partial charge in [0.25, 0.3) is 5.91 Å². The predicted molar refractivity (Wildman–Crippen MR) is 77.5 cm³/mol. The van der Waals surface area contributed by atoms with Gasteiger partial charge in [0.1, 0.15) is 5.69 Å². The van der Waals surface area contributed by atoms with Gasteiger partial charge >= 0.3 is 0 Å². The Morgan fingerprint density at radius 2 is 2.21 bits per heavy atom. The number of piperidine rings is 1. The highest BCUT2D eigenvalue weighted by Crippen LogP contribution is 2.23. The number of nitrogens with zero attached hydrogens (tertiary/aromatic N) is 2. The molecule has 19 heavy (non-hydrogen) atoms. The van der Waals surface area contributed by atoms with Gasteiger partial charge in [0.2, 0.25) is 0 Å². The van der Waals surface area contributed by atoms with Crippen LogP contribution in [0.3, 0.4) is 0 Å². The molecule has 4 nitrogen and oxygen atoms in total. The highest BCUT2D eigenvalue weighted by atomic mass is 35.5. The molecule has 1 aromatic rings. The zero-order valence-corrected chi connectivity index (χ0v) is 12.5. The largest absolute Gasteiger partial charge is 0.339 e. The molecule has 0 saturated carbocycles. The number of halogens is 1. The van der Waals surface area contributed by atoms with Gasteiger partial charge in [-0.05, 0) is 32.3 Å². The van der Waals surface area contributed by atoms with E-state index in [9.17, 15) is 4.79 Å². The van der Waals surface area contributed by atoms with Crippen molar-refractivity contribution in [1.82, 2.24) is 9.47 Å². The van der Waals surface area contributed by atoms with Crippen molar-refractivity contribution in [3.63, 3.8) is 0 Å². The Morgan fingerprint density at radius 1 is 1.53 bits per heavy atom. The van der Waals surface area contributed by atoms with Crippen LogP contribution in [0, 0.1) is 5.92 Å². The van der Waals surface area contributed by atoms with Gasteiger partial charge in [-0.2, -0.15) is 0 Å². The molecule has 1 fully saturated rings. The number of hydrogen-bond acceptors (Lipinski definition) is 2. The van der Waals surface area contributed by atoms with Crippen molar-refractivity contribution >= 4 is 17.5 Å². The highest BCUT2D eigenvalue weighted by molar-refractivity contribution is 6.31. The molecule has 1 aliphatic rings. The van der Waals surface area contributed by atoms with Gasteiger partial charge in [-0.25, -0.2) is 0 Å². The lowest BCUT2D eigenvalue weighted by atomic mass is 9.94. The van der Waals surface area contributed by atoms with Crippen LogP contribution in [-0.2, 0) is 0 Å². The first kappa shape index (κ1) is 14.4. The number of likely N-dealkylation sites (tertiary alicyclic amines) is 1. The molecule has 0 aromatic carbocycles. The zero-order chi connectivity index (χ0) is 14.2. The average molecular weight is 284 g/mol. The minimum Gasteiger partial charge on any atom is -0.339 e. The van der Waals surface area contributed by atoms with Crippen LogP contribution in [0.5, 0.6) is 0 Å². The van der Waals surface area contributed by atoms with Crippen LogP contribution in [-0.4, -0.2) is 34.5 Å². The summed E-state index contributed by atoms with van der Waals surface area (Å²) in [5.41, 5.74) is 6.72. The molecule has 2 unspecified atom stereocenters. The van der Waals surface area contributed by atoms with Crippen molar-refractivity contribution in [3.8, 4) is 0 Å². The monoisotopic (exact) mass is 283 g/mol. The van der Waals surface area contributed by atoms with Crippen LogP contribution in [0.25, 0.3) is 0 Å². The summed E-state index contributed by atoms with van der Waals surface area (Å²) >= 11 is 6.03. The molecule has 2 atom stereocenters. The van der Waals surface area contributed by atoms with Gasteiger partial charge < -0.3 is 15.2 Å². The van der Waals surface area contributed by atoms with Crippen LogP contribution in [0.4, 0.5) is 0 Å². The molecule has 5 heteroatoms. The number of carbonyl (C=O) groups is 1. The number of aromatic nitrogens is 1. The maximum Gasteiger partial charge on any atom is 0.270 e. The topological polar surface area (TPSA) is 51.3 Å². The van der Waals surface area contributed by atoms with E-state index in [0.29, 0.717) is 23.2 Å². The molecule has 0 bridgehead atoms. The molecule has 2 heterocycles. The summed E-state index contributed by atoms with van der Waals surface area (Å²) in [7, 11) is 0. The minimum absolute atomic E-state index is 0.0305. The van der Waals surface area contributed by atoms with Crippen molar-refractivity contribution in [1.29, 1.82) is 0 Å². The van der Waals surface area contributed by atoms with Gasteiger partial charge in [0.15, 0.2) is 0 Å². The van der Waals surface area contributed by atoms with E-state index >= 15 is 0 Å². The van der Waals surface area contributed by atoms with Gasteiger partial charge in [-0.3, -0.25) is 4.79 Å². The molecule has 0 radical (unpaired) electrons. The van der Waals surface area contributed by atoms with Crippen LogP contribution >= 0.6 is 11.6 Å². The molecule has 106 valence electrons. The van der Waals surface area contributed by atoms with E-state index in [-0.39, 0.29) is 18.0 Å². The van der Waals surface area contributed by atoms with Crippen molar-refractivity contribution in [3.05, 3.63) is 23.0 Å². The number of rotatable bonds is 2. The first-order chi connectivity index (χ1) is 8.90. The molecule has 1 saturated heterocycles. The van der Waals surface area contributed by atoms with Crippen LogP contribution in [0.2, 0.25) is 5.02 Å². The number of nitrogens with two attached hydrogens (primary N) is 1. The fraction of sp³-hybridized carbons (Fsp3) is 0.643. The second-order valence-corrected chi connectivity index (χ2v) is 6.16. The van der Waals surface area contributed by atoms with E-state index in [0.717, 1.165) is 13.0 Å². The molecule has 0 aliphatic carbocycles. The van der Waals surface area contributed by atoms with Gasteiger partial charge in [0.05, 0.1) is 5.02 Å². The maximum absolute atomic E-state index is 12.6. The van der Waals surface area contributed by atoms with Crippen LogP contribution < -0.4 is 5.73 Å². The van der Waals surface area contributed by atoms with E-state index in [1.807, 2.05) is 29.5 Å². The molecular formula is C14H22ClN3O. The fourth-order valence-electron chi connectivity index (χ4n) is 2.49. The Morgan fingerprint density at radius 3 is 2.79 bits per heavy atom. The third-order valence-electron chi connectivity index (χ3n) is 3.89. The van der Waals surface area contributed by atoms with E-state index in [2.05, 4.69) is 6.92 Å². The van der Waals surface area contributed by atoms with Gasteiger partial charge in [-0.15, -0.1) is 0 Å². The average Bonchev–Trinajstić information content (AvgIpc) is 2.74. The highest BCUT2D eigenvalue weighted by Gasteiger charge is 2.28. The zero-order valence-electron chi connectivity index (χ0n) is 11.8. The van der Waals surface area contributed by atoms with Gasteiger partial charge in [-0.1, -0.05) is 18.5 Å². The molecule has 2 N–H and O–H groups in total. The second kappa shape index (κ2) is 5.55. The minimum atomic E-state index is 0.0305. The summed E-state index contributed by atoms with van der Waals surface area (Å²) < 4.78 is 1.92. The lowest BCUT2D eigenvalue weighted by Gasteiger charge is -2.35. The predicted octanol–water partition coefficient (Wildman–Crippen LogP) is 2.53. The maximum atomic E-state index is 12.6. The summed E-state index contributed by atoms with van der Waals surface area (Å²) in [5, 5.41) is 0.603. The summed E-state index contributed by atoms with van der Waals surface area (Å²) in [6.45, 7) is 7.61. The van der Waals surface area contributed by atoms with E-state index in [1.165, 1.54) is 0 Å². The molecule has 1 aliphatic heterocycles.